The van der Waals surface area contributed by atoms with Gasteiger partial charge < -0.3 is 5.32 Å². The van der Waals surface area contributed by atoms with E-state index >= 15 is 0 Å². The summed E-state index contributed by atoms with van der Waals surface area (Å²) < 4.78 is 0. The fraction of sp³-hybridized carbons (Fsp3) is 0.333. The van der Waals surface area contributed by atoms with E-state index in [1.807, 2.05) is 6.07 Å². The molecule has 4 heteroatoms. The van der Waals surface area contributed by atoms with Crippen molar-refractivity contribution in [1.82, 2.24) is 4.90 Å². The number of hydrogen-bond acceptors (Lipinski definition) is 3. The summed E-state index contributed by atoms with van der Waals surface area (Å²) in [6.07, 6.45) is 3.39. The predicted molar refractivity (Wildman–Crippen MR) is 99.1 cm³/mol. The summed E-state index contributed by atoms with van der Waals surface area (Å²) in [7, 11) is 0. The molecule has 0 bridgehead atoms. The topological polar surface area (TPSA) is 56.1 Å². The maximum Gasteiger partial charge on any atom is 0.238 e. The zero-order chi connectivity index (χ0) is 17.5. The average Bonchev–Trinajstić information content (AvgIpc) is 2.64. The van der Waals surface area contributed by atoms with Crippen LogP contribution in [0.15, 0.2) is 54.6 Å². The van der Waals surface area contributed by atoms with Crippen LogP contribution in [0.1, 0.15) is 24.0 Å². The van der Waals surface area contributed by atoms with E-state index in [1.165, 1.54) is 5.56 Å². The molecule has 0 radical (unpaired) electrons. The number of piperidine rings is 1. The van der Waals surface area contributed by atoms with Gasteiger partial charge in [0.15, 0.2) is 0 Å². The summed E-state index contributed by atoms with van der Waals surface area (Å²) in [6.45, 7) is 2.33. The molecule has 25 heavy (non-hydrogen) atoms. The smallest absolute Gasteiger partial charge is 0.238 e. The number of nitriles is 1. The van der Waals surface area contributed by atoms with Crippen LogP contribution < -0.4 is 5.32 Å². The normalized spacial score (nSPS) is 15.5. The number of carbonyl (C=O) groups excluding carboxylic acids is 1. The van der Waals surface area contributed by atoms with Crippen LogP contribution in [0, 0.1) is 17.2 Å². The van der Waals surface area contributed by atoms with Crippen molar-refractivity contribution in [3.05, 3.63) is 65.7 Å². The van der Waals surface area contributed by atoms with Gasteiger partial charge in [0.2, 0.25) is 5.91 Å². The lowest BCUT2D eigenvalue weighted by atomic mass is 9.90. The molecule has 1 fully saturated rings. The Bertz CT molecular complexity index is 743. The van der Waals surface area contributed by atoms with Gasteiger partial charge in [0.25, 0.3) is 0 Å². The fourth-order valence-corrected chi connectivity index (χ4v) is 3.37. The number of rotatable bonds is 5. The molecular weight excluding hydrogens is 310 g/mol. The first-order valence-electron chi connectivity index (χ1n) is 8.79. The molecule has 0 aliphatic carbocycles. The van der Waals surface area contributed by atoms with Crippen molar-refractivity contribution in [3.63, 3.8) is 0 Å². The first-order chi connectivity index (χ1) is 12.2. The van der Waals surface area contributed by atoms with Crippen molar-refractivity contribution in [2.45, 2.75) is 19.3 Å². The Kier molecular flexibility index (Phi) is 5.81. The van der Waals surface area contributed by atoms with Crippen molar-refractivity contribution >= 4 is 11.6 Å². The van der Waals surface area contributed by atoms with Gasteiger partial charge in [-0.2, -0.15) is 5.26 Å². The lowest BCUT2D eigenvalue weighted by molar-refractivity contribution is -0.117. The van der Waals surface area contributed by atoms with E-state index in [2.05, 4.69) is 46.6 Å². The number of benzene rings is 2. The Hall–Kier alpha value is -2.64. The monoisotopic (exact) mass is 333 g/mol. The van der Waals surface area contributed by atoms with Gasteiger partial charge in [0.1, 0.15) is 0 Å². The minimum atomic E-state index is -0.0170. The van der Waals surface area contributed by atoms with E-state index in [4.69, 9.17) is 5.26 Å². The third-order valence-electron chi connectivity index (χ3n) is 4.72. The van der Waals surface area contributed by atoms with Crippen molar-refractivity contribution in [2.75, 3.05) is 25.0 Å². The first-order valence-corrected chi connectivity index (χ1v) is 8.79. The summed E-state index contributed by atoms with van der Waals surface area (Å²) >= 11 is 0. The van der Waals surface area contributed by atoms with E-state index < -0.39 is 0 Å². The molecule has 1 aliphatic rings. The summed E-state index contributed by atoms with van der Waals surface area (Å²) in [6, 6.07) is 19.7. The van der Waals surface area contributed by atoms with Crippen LogP contribution in [-0.4, -0.2) is 30.4 Å². The van der Waals surface area contributed by atoms with Gasteiger partial charge in [0.05, 0.1) is 18.2 Å². The third kappa shape index (κ3) is 5.17. The first kappa shape index (κ1) is 17.2. The Balaban J connectivity index is 1.44. The second-order valence-corrected chi connectivity index (χ2v) is 6.65. The highest BCUT2D eigenvalue weighted by molar-refractivity contribution is 5.92. The average molecular weight is 333 g/mol. The Morgan fingerprint density at radius 2 is 1.88 bits per heavy atom. The summed E-state index contributed by atoms with van der Waals surface area (Å²) in [4.78, 5) is 14.4. The van der Waals surface area contributed by atoms with Crippen LogP contribution in [0.4, 0.5) is 5.69 Å². The predicted octanol–water partition coefficient (Wildman–Crippen LogP) is 3.45. The minimum absolute atomic E-state index is 0.0170. The molecule has 0 atom stereocenters. The van der Waals surface area contributed by atoms with Gasteiger partial charge in [-0.15, -0.1) is 0 Å². The van der Waals surface area contributed by atoms with E-state index in [-0.39, 0.29) is 5.91 Å². The molecule has 1 heterocycles. The van der Waals surface area contributed by atoms with Crippen LogP contribution in [0.25, 0.3) is 0 Å². The molecule has 1 saturated heterocycles. The molecule has 2 aromatic carbocycles. The van der Waals surface area contributed by atoms with Crippen LogP contribution in [0.5, 0.6) is 0 Å². The van der Waals surface area contributed by atoms with E-state index in [0.29, 0.717) is 23.7 Å². The summed E-state index contributed by atoms with van der Waals surface area (Å²) in [5.74, 6) is 0.686. The molecule has 0 spiro atoms. The van der Waals surface area contributed by atoms with Crippen LogP contribution >= 0.6 is 0 Å². The van der Waals surface area contributed by atoms with E-state index in [1.54, 1.807) is 18.2 Å². The standard InChI is InChI=1S/C21H23N3O/c22-15-19-7-4-8-20(14-19)23-21(25)16-24-11-9-18(10-12-24)13-17-5-2-1-3-6-17/h1-8,14,18H,9-13,16H2,(H,23,25). The number of likely N-dealkylation sites (tertiary alicyclic amines) is 1. The molecule has 1 aliphatic heterocycles. The van der Waals surface area contributed by atoms with Gasteiger partial charge in [0, 0.05) is 5.69 Å². The van der Waals surface area contributed by atoms with Crippen LogP contribution in [0.3, 0.4) is 0 Å². The Morgan fingerprint density at radius 3 is 2.60 bits per heavy atom. The molecule has 0 aromatic heterocycles. The maximum absolute atomic E-state index is 12.2. The van der Waals surface area contributed by atoms with Crippen molar-refractivity contribution in [1.29, 1.82) is 5.26 Å². The SMILES string of the molecule is N#Cc1cccc(NC(=O)CN2CCC(Cc3ccccc3)CC2)c1. The number of nitrogens with one attached hydrogen (secondary N) is 1. The van der Waals surface area contributed by atoms with Crippen molar-refractivity contribution in [2.24, 2.45) is 5.92 Å². The van der Waals surface area contributed by atoms with E-state index in [0.717, 1.165) is 32.4 Å². The molecule has 2 aromatic rings. The van der Waals surface area contributed by atoms with Gasteiger partial charge >= 0.3 is 0 Å². The second kappa shape index (κ2) is 8.46. The fourth-order valence-electron chi connectivity index (χ4n) is 3.37. The molecular formula is C21H23N3O. The molecule has 1 N–H and O–H groups in total. The van der Waals surface area contributed by atoms with Gasteiger partial charge in [-0.3, -0.25) is 9.69 Å². The highest BCUT2D eigenvalue weighted by Gasteiger charge is 2.21. The number of carbonyl (C=O) groups is 1. The van der Waals surface area contributed by atoms with Crippen LogP contribution in [0.2, 0.25) is 0 Å². The quantitative estimate of drug-likeness (QED) is 0.912. The molecule has 128 valence electrons. The molecule has 1 amide bonds. The lowest BCUT2D eigenvalue weighted by Crippen LogP contribution is -2.39. The number of hydrogen-bond donors (Lipinski definition) is 1. The third-order valence-corrected chi connectivity index (χ3v) is 4.72. The van der Waals surface area contributed by atoms with E-state index in [9.17, 15) is 4.79 Å². The molecule has 4 nitrogen and oxygen atoms in total. The zero-order valence-corrected chi connectivity index (χ0v) is 14.3. The van der Waals surface area contributed by atoms with Gasteiger partial charge in [-0.25, -0.2) is 0 Å². The van der Waals surface area contributed by atoms with Crippen molar-refractivity contribution < 1.29 is 4.79 Å². The summed E-state index contributed by atoms with van der Waals surface area (Å²) in [5, 5.41) is 11.8. The number of anilines is 1. The number of amides is 1. The van der Waals surface area contributed by atoms with Crippen LogP contribution in [-0.2, 0) is 11.2 Å². The minimum Gasteiger partial charge on any atom is -0.325 e. The number of nitrogens with zero attached hydrogens (tertiary/aromatic N) is 2. The lowest BCUT2D eigenvalue weighted by Gasteiger charge is -2.31. The van der Waals surface area contributed by atoms with Crippen molar-refractivity contribution in [3.8, 4) is 6.07 Å². The maximum atomic E-state index is 12.2. The Labute approximate surface area is 149 Å². The van der Waals surface area contributed by atoms with Gasteiger partial charge in [-0.1, -0.05) is 36.4 Å². The molecule has 3 rings (SSSR count). The second-order valence-electron chi connectivity index (χ2n) is 6.65. The summed E-state index contributed by atoms with van der Waals surface area (Å²) in [5.41, 5.74) is 2.64. The van der Waals surface area contributed by atoms with Gasteiger partial charge in [-0.05, 0) is 62.0 Å². The highest BCUT2D eigenvalue weighted by Crippen LogP contribution is 2.21. The Morgan fingerprint density at radius 1 is 1.12 bits per heavy atom. The molecule has 0 unspecified atom stereocenters. The largest absolute Gasteiger partial charge is 0.325 e. The zero-order valence-electron chi connectivity index (χ0n) is 14.3. The molecule has 0 saturated carbocycles. The highest BCUT2D eigenvalue weighted by atomic mass is 16.2.